The Hall–Kier alpha value is -4.24. The number of aromatic hydroxyl groups is 1. The number of aromatic nitrogens is 2. The summed E-state index contributed by atoms with van der Waals surface area (Å²) in [6.07, 6.45) is 2.14. The van der Waals surface area contributed by atoms with Crippen molar-refractivity contribution in [3.63, 3.8) is 0 Å². The van der Waals surface area contributed by atoms with Crippen molar-refractivity contribution < 1.29 is 19.0 Å². The van der Waals surface area contributed by atoms with Crippen molar-refractivity contribution in [3.8, 4) is 29.0 Å². The molecule has 0 aliphatic carbocycles. The Labute approximate surface area is 259 Å². The number of fused-ring (bicyclic) bond motifs is 2. The molecule has 228 valence electrons. The number of likely N-dealkylation sites (tertiary alicyclic amines) is 1. The van der Waals surface area contributed by atoms with Crippen LogP contribution in [-0.2, 0) is 4.79 Å². The predicted octanol–water partition coefficient (Wildman–Crippen LogP) is 4.31. The molecule has 2 atom stereocenters. The first-order valence-electron chi connectivity index (χ1n) is 14.7. The number of benzene rings is 3. The van der Waals surface area contributed by atoms with Gasteiger partial charge in [-0.05, 0) is 61.0 Å². The van der Waals surface area contributed by atoms with E-state index >= 15 is 4.39 Å². The first-order valence-corrected chi connectivity index (χ1v) is 15.0. The highest BCUT2D eigenvalue weighted by Gasteiger charge is 2.33. The van der Waals surface area contributed by atoms with E-state index < -0.39 is 11.9 Å². The fourth-order valence-electron chi connectivity index (χ4n) is 6.35. The van der Waals surface area contributed by atoms with E-state index in [2.05, 4.69) is 16.0 Å². The summed E-state index contributed by atoms with van der Waals surface area (Å²) in [5, 5.41) is 21.9. The van der Waals surface area contributed by atoms with Crippen LogP contribution in [0.4, 0.5) is 10.2 Å². The number of amides is 1. The molecular weight excluding hydrogens is 585 g/mol. The van der Waals surface area contributed by atoms with Gasteiger partial charge in [0.05, 0.1) is 30.1 Å². The minimum absolute atomic E-state index is 0.0178. The van der Waals surface area contributed by atoms with E-state index in [-0.39, 0.29) is 59.3 Å². The molecule has 6 rings (SSSR count). The predicted molar refractivity (Wildman–Crippen MR) is 167 cm³/mol. The highest BCUT2D eigenvalue weighted by Crippen LogP contribution is 2.42. The number of nitrogens with two attached hydrogens (primary N) is 1. The molecule has 0 radical (unpaired) electrons. The van der Waals surface area contributed by atoms with Gasteiger partial charge in [-0.3, -0.25) is 4.79 Å². The van der Waals surface area contributed by atoms with Gasteiger partial charge in [0.15, 0.2) is 5.82 Å². The lowest BCUT2D eigenvalue weighted by atomic mass is 9.96. The van der Waals surface area contributed by atoms with Crippen molar-refractivity contribution in [2.75, 3.05) is 51.3 Å². The molecule has 3 aromatic carbocycles. The molecule has 0 saturated carbocycles. The Morgan fingerprint density at radius 1 is 1.18 bits per heavy atom. The molecule has 10 nitrogen and oxygen atoms in total. The molecule has 3 heterocycles. The largest absolute Gasteiger partial charge is 0.508 e. The van der Waals surface area contributed by atoms with Crippen molar-refractivity contribution in [1.82, 2.24) is 19.8 Å². The molecule has 2 fully saturated rings. The number of hydrogen-bond donors (Lipinski definition) is 2. The number of nitriles is 1. The Morgan fingerprint density at radius 3 is 2.75 bits per heavy atom. The molecule has 2 aliphatic heterocycles. The molecule has 1 unspecified atom stereocenters. The minimum atomic E-state index is -0.666. The number of halogens is 2. The van der Waals surface area contributed by atoms with Crippen LogP contribution in [0.25, 0.3) is 32.8 Å². The number of phenolic OH excluding ortho intramolecular Hbond substituents is 1. The number of carbonyl (C=O) groups excluding carboxylic acids is 1. The molecule has 0 spiro atoms. The van der Waals surface area contributed by atoms with E-state index in [4.69, 9.17) is 27.1 Å². The summed E-state index contributed by atoms with van der Waals surface area (Å²) < 4.78 is 22.9. The second-order valence-electron chi connectivity index (χ2n) is 11.3. The van der Waals surface area contributed by atoms with Gasteiger partial charge >= 0.3 is 6.01 Å². The standard InChI is InChI=1S/C32H33ClFN7O3/c1-39-10-4-6-21(39)18-44-32-37-30-25(31(38-32)40-11-12-41(27(43)16-36)20(17-40)8-9-35)15-26(33)28(29(30)34)24-14-22(42)13-19-5-2-3-7-23(19)24/h2-3,5,7,13-15,20-21,42H,4,6,8,10-12,16-18,36H2,1H3/t20?,21-/m0/s1. The maximum atomic E-state index is 16.8. The molecule has 1 aromatic heterocycles. The Balaban J connectivity index is 1.49. The normalized spacial score (nSPS) is 19.1. The lowest BCUT2D eigenvalue weighted by Crippen LogP contribution is -2.56. The number of phenols is 1. The van der Waals surface area contributed by atoms with Crippen molar-refractivity contribution in [2.45, 2.75) is 31.3 Å². The van der Waals surface area contributed by atoms with Gasteiger partial charge in [-0.25, -0.2) is 4.39 Å². The van der Waals surface area contributed by atoms with Crippen molar-refractivity contribution in [3.05, 3.63) is 53.3 Å². The van der Waals surface area contributed by atoms with Crippen LogP contribution in [-0.4, -0.2) is 89.2 Å². The van der Waals surface area contributed by atoms with E-state index in [1.165, 1.54) is 6.07 Å². The van der Waals surface area contributed by atoms with Crippen LogP contribution in [0.1, 0.15) is 19.3 Å². The van der Waals surface area contributed by atoms with Crippen molar-refractivity contribution in [1.29, 1.82) is 5.26 Å². The van der Waals surface area contributed by atoms with Gasteiger partial charge in [-0.2, -0.15) is 15.2 Å². The molecule has 1 amide bonds. The second-order valence-corrected chi connectivity index (χ2v) is 11.7. The third-order valence-corrected chi connectivity index (χ3v) is 8.94. The summed E-state index contributed by atoms with van der Waals surface area (Å²) in [5.74, 6) is -0.518. The zero-order valence-electron chi connectivity index (χ0n) is 24.3. The Kier molecular flexibility index (Phi) is 8.40. The van der Waals surface area contributed by atoms with Gasteiger partial charge in [-0.1, -0.05) is 35.9 Å². The van der Waals surface area contributed by atoms with Crippen molar-refractivity contribution in [2.24, 2.45) is 5.73 Å². The third kappa shape index (κ3) is 5.56. The minimum Gasteiger partial charge on any atom is -0.508 e. The third-order valence-electron chi connectivity index (χ3n) is 8.64. The highest BCUT2D eigenvalue weighted by molar-refractivity contribution is 6.35. The fourth-order valence-corrected chi connectivity index (χ4v) is 6.64. The van der Waals surface area contributed by atoms with Gasteiger partial charge in [0.2, 0.25) is 5.91 Å². The number of rotatable bonds is 7. The summed E-state index contributed by atoms with van der Waals surface area (Å²) in [4.78, 5) is 27.6. The smallest absolute Gasteiger partial charge is 0.319 e. The topological polar surface area (TPSA) is 132 Å². The average Bonchev–Trinajstić information content (AvgIpc) is 3.44. The molecule has 12 heteroatoms. The zero-order chi connectivity index (χ0) is 31.0. The van der Waals surface area contributed by atoms with Crippen LogP contribution in [0.15, 0.2) is 42.5 Å². The summed E-state index contributed by atoms with van der Waals surface area (Å²) in [7, 11) is 2.04. The molecule has 2 saturated heterocycles. The lowest BCUT2D eigenvalue weighted by Gasteiger charge is -2.41. The molecule has 3 N–H and O–H groups in total. The highest BCUT2D eigenvalue weighted by atomic mass is 35.5. The van der Waals surface area contributed by atoms with Crippen LogP contribution in [0.3, 0.4) is 0 Å². The van der Waals surface area contributed by atoms with E-state index in [0.29, 0.717) is 36.5 Å². The van der Waals surface area contributed by atoms with E-state index in [1.54, 1.807) is 17.0 Å². The quantitative estimate of drug-likeness (QED) is 0.311. The first-order chi connectivity index (χ1) is 21.3. The van der Waals surface area contributed by atoms with E-state index in [0.717, 1.165) is 30.2 Å². The summed E-state index contributed by atoms with van der Waals surface area (Å²) in [6.45, 7) is 2.14. The number of anilines is 1. The van der Waals surface area contributed by atoms with Crippen LogP contribution in [0, 0.1) is 17.1 Å². The Morgan fingerprint density at radius 2 is 2.00 bits per heavy atom. The van der Waals surface area contributed by atoms with Gasteiger partial charge in [0, 0.05) is 36.6 Å². The molecular formula is C32H33ClFN7O3. The van der Waals surface area contributed by atoms with Crippen LogP contribution < -0.4 is 15.4 Å². The summed E-state index contributed by atoms with van der Waals surface area (Å²) >= 11 is 6.83. The second kappa shape index (κ2) is 12.4. The van der Waals surface area contributed by atoms with Gasteiger partial charge in [0.25, 0.3) is 0 Å². The Bertz CT molecular complexity index is 1780. The first kappa shape index (κ1) is 29.8. The maximum Gasteiger partial charge on any atom is 0.319 e. The maximum absolute atomic E-state index is 16.8. The molecule has 4 aromatic rings. The number of carbonyl (C=O) groups is 1. The summed E-state index contributed by atoms with van der Waals surface area (Å²) in [5.41, 5.74) is 6.20. The van der Waals surface area contributed by atoms with Gasteiger partial charge in [-0.15, -0.1) is 0 Å². The fraction of sp³-hybridized carbons (Fsp3) is 0.375. The van der Waals surface area contributed by atoms with Crippen LogP contribution >= 0.6 is 11.6 Å². The van der Waals surface area contributed by atoms with Gasteiger partial charge in [0.1, 0.15) is 23.7 Å². The van der Waals surface area contributed by atoms with Gasteiger partial charge < -0.3 is 30.3 Å². The number of piperazine rings is 1. The number of likely N-dealkylation sites (N-methyl/N-ethyl adjacent to an activating group) is 1. The van der Waals surface area contributed by atoms with Crippen LogP contribution in [0.2, 0.25) is 5.02 Å². The van der Waals surface area contributed by atoms with E-state index in [9.17, 15) is 15.2 Å². The SMILES string of the molecule is CN1CCC[C@H]1COc1nc(N2CCN(C(=O)CN)C(CC#N)C2)c2cc(Cl)c(-c3cc(O)cc4ccccc34)c(F)c2n1. The molecule has 0 bridgehead atoms. The monoisotopic (exact) mass is 617 g/mol. The number of hydrogen-bond acceptors (Lipinski definition) is 9. The number of ether oxygens (including phenoxy) is 1. The molecule has 2 aliphatic rings. The summed E-state index contributed by atoms with van der Waals surface area (Å²) in [6, 6.07) is 14.1. The van der Waals surface area contributed by atoms with Crippen molar-refractivity contribution >= 4 is 45.0 Å². The number of nitrogens with zero attached hydrogens (tertiary/aromatic N) is 6. The van der Waals surface area contributed by atoms with E-state index in [1.807, 2.05) is 36.2 Å². The molecule has 44 heavy (non-hydrogen) atoms. The lowest BCUT2D eigenvalue weighted by molar-refractivity contribution is -0.132. The zero-order valence-corrected chi connectivity index (χ0v) is 25.1. The average molecular weight is 618 g/mol. The van der Waals surface area contributed by atoms with Crippen LogP contribution in [0.5, 0.6) is 11.8 Å².